The number of nitrogens with one attached hydrogen (secondary N) is 2. The van der Waals surface area contributed by atoms with Gasteiger partial charge in [0.25, 0.3) is 0 Å². The number of nitrogen functional groups attached to an aromatic ring is 1. The molecule has 2 saturated heterocycles. The fraction of sp³-hybridized carbons (Fsp3) is 0.488. The number of carbonyl (C=O) groups excluding carboxylic acids is 3. The molecule has 2 aliphatic rings. The lowest BCUT2D eigenvalue weighted by Crippen LogP contribution is -2.45. The number of aliphatic hydroxyl groups excluding tert-OH is 1. The first-order valence-electron chi connectivity index (χ1n) is 18.4. The molecule has 2 aliphatic heterocycles. The number of para-hydroxylation sites is 2. The van der Waals surface area contributed by atoms with Gasteiger partial charge in [-0.25, -0.2) is 0 Å². The zero-order valence-corrected chi connectivity index (χ0v) is 30.6. The molecule has 0 saturated carbocycles. The fourth-order valence-corrected chi connectivity index (χ4v) is 6.63. The number of hydrogen-bond donors (Lipinski definition) is 4. The van der Waals surface area contributed by atoms with Crippen molar-refractivity contribution in [3.05, 3.63) is 95.1 Å². The molecule has 4 atom stereocenters. The molecule has 5 N–H and O–H groups in total. The van der Waals surface area contributed by atoms with Crippen LogP contribution in [0.2, 0.25) is 0 Å². The van der Waals surface area contributed by atoms with E-state index in [0.717, 1.165) is 48.1 Å². The van der Waals surface area contributed by atoms with E-state index in [9.17, 15) is 19.5 Å². The van der Waals surface area contributed by atoms with Crippen LogP contribution < -0.4 is 16.4 Å². The maximum Gasteiger partial charge on any atom is 0.323 e. The van der Waals surface area contributed by atoms with Crippen LogP contribution in [0.5, 0.6) is 0 Å². The van der Waals surface area contributed by atoms with Gasteiger partial charge < -0.3 is 35.7 Å². The van der Waals surface area contributed by atoms with Crippen molar-refractivity contribution in [1.82, 2.24) is 10.2 Å². The number of anilines is 2. The first kappa shape index (κ1) is 38.9. The van der Waals surface area contributed by atoms with Gasteiger partial charge in [0.15, 0.2) is 6.29 Å². The molecule has 0 aromatic heterocycles. The van der Waals surface area contributed by atoms with E-state index in [1.165, 1.54) is 0 Å². The number of amides is 2. The van der Waals surface area contributed by atoms with Gasteiger partial charge in [-0.1, -0.05) is 67.1 Å². The maximum absolute atomic E-state index is 13.0. The second kappa shape index (κ2) is 18.5. The summed E-state index contributed by atoms with van der Waals surface area (Å²) in [6, 6.07) is 22.5. The summed E-state index contributed by atoms with van der Waals surface area (Å²) in [5.41, 5.74) is 10.1. The molecule has 0 radical (unpaired) electrons. The molecule has 3 aromatic rings. The van der Waals surface area contributed by atoms with Crippen LogP contribution in [-0.4, -0.2) is 58.6 Å². The fourth-order valence-electron chi connectivity index (χ4n) is 6.63. The van der Waals surface area contributed by atoms with Crippen LogP contribution in [-0.2, 0) is 41.7 Å². The molecule has 11 heteroatoms. The van der Waals surface area contributed by atoms with Crippen LogP contribution in [0.4, 0.5) is 11.4 Å². The van der Waals surface area contributed by atoms with E-state index >= 15 is 0 Å². The average molecular weight is 715 g/mol. The van der Waals surface area contributed by atoms with Gasteiger partial charge in [-0.2, -0.15) is 0 Å². The van der Waals surface area contributed by atoms with Crippen molar-refractivity contribution in [3.8, 4) is 0 Å². The quantitative estimate of drug-likeness (QED) is 0.0806. The Bertz CT molecular complexity index is 1620. The highest BCUT2D eigenvalue weighted by Gasteiger charge is 2.39. The molecule has 280 valence electrons. The molecule has 0 bridgehead atoms. The SMILES string of the molecule is CC(C)(C)OC(=O)[C@@H]1CCCN1C[C@@H]1C[C@H](c2ccc(CO)cc2)O[C@H](c2ccc(CNC(=O)CCCCCC(=O)Nc3ccccc3N)cc2)O1. The third-order valence-electron chi connectivity index (χ3n) is 9.38. The van der Waals surface area contributed by atoms with Gasteiger partial charge in [-0.05, 0) is 81.8 Å². The highest BCUT2D eigenvalue weighted by Crippen LogP contribution is 2.39. The van der Waals surface area contributed by atoms with Crippen molar-refractivity contribution in [2.45, 2.75) is 115 Å². The third kappa shape index (κ3) is 11.6. The third-order valence-corrected chi connectivity index (χ3v) is 9.38. The number of benzene rings is 3. The molecular weight excluding hydrogens is 660 g/mol. The summed E-state index contributed by atoms with van der Waals surface area (Å²) in [5, 5.41) is 15.4. The number of ether oxygens (including phenoxy) is 3. The van der Waals surface area contributed by atoms with Crippen LogP contribution in [0.15, 0.2) is 72.8 Å². The topological polar surface area (TPSA) is 152 Å². The minimum absolute atomic E-state index is 0.0276. The van der Waals surface area contributed by atoms with Crippen LogP contribution in [0.3, 0.4) is 0 Å². The van der Waals surface area contributed by atoms with Gasteiger partial charge in [0.05, 0.1) is 30.2 Å². The summed E-state index contributed by atoms with van der Waals surface area (Å²) < 4.78 is 18.8. The number of nitrogens with two attached hydrogens (primary N) is 1. The molecular formula is C41H54N4O7. The minimum atomic E-state index is -0.625. The molecule has 2 heterocycles. The van der Waals surface area contributed by atoms with E-state index in [0.29, 0.717) is 56.6 Å². The number of rotatable bonds is 15. The van der Waals surface area contributed by atoms with E-state index in [2.05, 4.69) is 15.5 Å². The minimum Gasteiger partial charge on any atom is -0.459 e. The average Bonchev–Trinajstić information content (AvgIpc) is 3.59. The summed E-state index contributed by atoms with van der Waals surface area (Å²) in [5.74, 6) is -0.313. The highest BCUT2D eigenvalue weighted by atomic mass is 16.7. The number of esters is 1. The molecule has 0 spiro atoms. The molecule has 52 heavy (non-hydrogen) atoms. The van der Waals surface area contributed by atoms with Crippen molar-refractivity contribution in [3.63, 3.8) is 0 Å². The molecule has 2 fully saturated rings. The zero-order chi connectivity index (χ0) is 37.1. The summed E-state index contributed by atoms with van der Waals surface area (Å²) >= 11 is 0. The van der Waals surface area contributed by atoms with Crippen molar-refractivity contribution < 1.29 is 33.7 Å². The molecule has 5 rings (SSSR count). The zero-order valence-electron chi connectivity index (χ0n) is 30.6. The monoisotopic (exact) mass is 714 g/mol. The highest BCUT2D eigenvalue weighted by molar-refractivity contribution is 5.93. The van der Waals surface area contributed by atoms with Crippen LogP contribution in [0, 0.1) is 0 Å². The summed E-state index contributed by atoms with van der Waals surface area (Å²) in [6.45, 7) is 7.42. The number of unbranched alkanes of at least 4 members (excludes halogenated alkanes) is 2. The molecule has 2 amide bonds. The van der Waals surface area contributed by atoms with Crippen molar-refractivity contribution in [2.24, 2.45) is 0 Å². The van der Waals surface area contributed by atoms with E-state index in [1.54, 1.807) is 12.1 Å². The lowest BCUT2D eigenvalue weighted by Gasteiger charge is -2.38. The standard InChI is InChI=1S/C41H54N4O7/c1-41(2,3)52-39(49)35-12-9-23-45(35)26-32-24-36(30-19-17-29(27-46)18-20-30)51-40(50-32)31-21-15-28(16-22-31)25-43-37(47)13-5-4-6-14-38(48)44-34-11-8-7-10-33(34)42/h7-8,10-11,15-22,32,35-36,40,46H,4-6,9,12-14,23-27,42H2,1-3H3,(H,43,47)(H,44,48)/t32-,35-,36+,40+/m0/s1. The number of hydrogen-bond acceptors (Lipinski definition) is 9. The Labute approximate surface area is 307 Å². The van der Waals surface area contributed by atoms with Gasteiger partial charge >= 0.3 is 5.97 Å². The Balaban J connectivity index is 1.12. The number of nitrogens with zero attached hydrogens (tertiary/aromatic N) is 1. The predicted octanol–water partition coefficient (Wildman–Crippen LogP) is 6.32. The Kier molecular flexibility index (Phi) is 13.8. The summed E-state index contributed by atoms with van der Waals surface area (Å²) in [4.78, 5) is 40.0. The molecule has 0 aliphatic carbocycles. The second-order valence-electron chi connectivity index (χ2n) is 14.8. The van der Waals surface area contributed by atoms with E-state index in [4.69, 9.17) is 19.9 Å². The first-order chi connectivity index (χ1) is 25.0. The van der Waals surface area contributed by atoms with Crippen LogP contribution in [0.25, 0.3) is 0 Å². The predicted molar refractivity (Wildman–Crippen MR) is 200 cm³/mol. The Morgan fingerprint density at radius 3 is 2.25 bits per heavy atom. The van der Waals surface area contributed by atoms with Crippen molar-refractivity contribution in [1.29, 1.82) is 0 Å². The van der Waals surface area contributed by atoms with Gasteiger partial charge in [-0.15, -0.1) is 0 Å². The Morgan fingerprint density at radius 1 is 0.885 bits per heavy atom. The number of aliphatic hydroxyl groups is 1. The van der Waals surface area contributed by atoms with E-state index < -0.39 is 11.9 Å². The van der Waals surface area contributed by atoms with Crippen LogP contribution >= 0.6 is 0 Å². The Morgan fingerprint density at radius 2 is 1.56 bits per heavy atom. The summed E-state index contributed by atoms with van der Waals surface area (Å²) in [7, 11) is 0. The lowest BCUT2D eigenvalue weighted by atomic mass is 9.99. The lowest BCUT2D eigenvalue weighted by molar-refractivity contribution is -0.253. The van der Waals surface area contributed by atoms with Crippen molar-refractivity contribution >= 4 is 29.2 Å². The van der Waals surface area contributed by atoms with Crippen molar-refractivity contribution in [2.75, 3.05) is 24.1 Å². The molecule has 11 nitrogen and oxygen atoms in total. The first-order valence-corrected chi connectivity index (χ1v) is 18.4. The maximum atomic E-state index is 13.0. The van der Waals surface area contributed by atoms with E-state index in [-0.39, 0.29) is 42.6 Å². The normalized spacial score (nSPS) is 20.7. The van der Waals surface area contributed by atoms with Gasteiger partial charge in [0.2, 0.25) is 11.8 Å². The van der Waals surface area contributed by atoms with Gasteiger partial charge in [0, 0.05) is 37.9 Å². The largest absolute Gasteiger partial charge is 0.459 e. The van der Waals surface area contributed by atoms with Crippen LogP contribution in [0.1, 0.15) is 107 Å². The van der Waals surface area contributed by atoms with E-state index in [1.807, 2.05) is 81.4 Å². The second-order valence-corrected chi connectivity index (χ2v) is 14.8. The number of likely N-dealkylation sites (tertiary alicyclic amines) is 1. The molecule has 0 unspecified atom stereocenters. The van der Waals surface area contributed by atoms with Gasteiger partial charge in [-0.3, -0.25) is 19.3 Å². The smallest absolute Gasteiger partial charge is 0.323 e. The molecule has 3 aromatic carbocycles. The Hall–Kier alpha value is -4.29. The van der Waals surface area contributed by atoms with Gasteiger partial charge in [0.1, 0.15) is 11.6 Å². The number of carbonyl (C=O) groups is 3. The summed E-state index contributed by atoms with van der Waals surface area (Å²) in [6.07, 6.45) is 4.16.